The van der Waals surface area contributed by atoms with E-state index in [1.165, 1.54) is 0 Å². The molecule has 0 aliphatic rings. The Morgan fingerprint density at radius 3 is 2.30 bits per heavy atom. The minimum absolute atomic E-state index is 0.0358. The van der Waals surface area contributed by atoms with E-state index in [2.05, 4.69) is 0 Å². The molecule has 1 amide bonds. The molecule has 1 atom stereocenters. The molecule has 4 nitrogen and oxygen atoms in total. The molecule has 112 valence electrons. The number of benzene rings is 1. The van der Waals surface area contributed by atoms with Crippen LogP contribution in [0.1, 0.15) is 33.3 Å². The number of amides is 1. The Labute approximate surface area is 121 Å². The molecule has 0 saturated carbocycles. The predicted octanol–water partition coefficient (Wildman–Crippen LogP) is 2.42. The average Bonchev–Trinajstić information content (AvgIpc) is 2.38. The van der Waals surface area contributed by atoms with E-state index in [1.54, 1.807) is 11.9 Å². The summed E-state index contributed by atoms with van der Waals surface area (Å²) in [6.45, 7) is 9.07. The lowest BCUT2D eigenvalue weighted by Gasteiger charge is -2.30. The second kappa shape index (κ2) is 6.75. The van der Waals surface area contributed by atoms with Crippen LogP contribution in [0.25, 0.3) is 0 Å². The third-order valence-corrected chi connectivity index (χ3v) is 3.23. The number of carbonyl (C=O) groups excluding carboxylic acids is 1. The van der Waals surface area contributed by atoms with Gasteiger partial charge in [-0.2, -0.15) is 0 Å². The largest absolute Gasteiger partial charge is 0.494 e. The first-order chi connectivity index (χ1) is 9.25. The summed E-state index contributed by atoms with van der Waals surface area (Å²) in [7, 11) is 1.78. The summed E-state index contributed by atoms with van der Waals surface area (Å²) < 4.78 is 5.40. The standard InChI is InChI=1S/C16H26N2O2/c1-6-20-13-9-7-12(8-10-13)11-18(5)15(19)14(17)16(2,3)4/h7-10,14H,6,11,17H2,1-5H3/t14-/m1/s1. The van der Waals surface area contributed by atoms with Crippen LogP contribution in [0, 0.1) is 5.41 Å². The summed E-state index contributed by atoms with van der Waals surface area (Å²) in [6, 6.07) is 7.28. The number of nitrogens with two attached hydrogens (primary N) is 1. The van der Waals surface area contributed by atoms with E-state index in [9.17, 15) is 4.79 Å². The lowest BCUT2D eigenvalue weighted by Crippen LogP contribution is -2.48. The Bertz CT molecular complexity index is 435. The van der Waals surface area contributed by atoms with Gasteiger partial charge in [-0.15, -0.1) is 0 Å². The highest BCUT2D eigenvalue weighted by molar-refractivity contribution is 5.82. The maximum atomic E-state index is 12.2. The first-order valence-corrected chi connectivity index (χ1v) is 6.98. The van der Waals surface area contributed by atoms with Crippen molar-refractivity contribution in [3.63, 3.8) is 0 Å². The SMILES string of the molecule is CCOc1ccc(CN(C)C(=O)[C@@H](N)C(C)(C)C)cc1. The van der Waals surface area contributed by atoms with Gasteiger partial charge < -0.3 is 15.4 Å². The van der Waals surface area contributed by atoms with Crippen molar-refractivity contribution in [3.05, 3.63) is 29.8 Å². The van der Waals surface area contributed by atoms with Crippen LogP contribution < -0.4 is 10.5 Å². The smallest absolute Gasteiger partial charge is 0.240 e. The molecule has 0 heterocycles. The molecule has 1 aromatic rings. The maximum absolute atomic E-state index is 12.2. The Hall–Kier alpha value is -1.55. The van der Waals surface area contributed by atoms with E-state index in [4.69, 9.17) is 10.5 Å². The normalized spacial score (nSPS) is 12.9. The highest BCUT2D eigenvalue weighted by Crippen LogP contribution is 2.20. The van der Waals surface area contributed by atoms with Gasteiger partial charge in [0.25, 0.3) is 0 Å². The van der Waals surface area contributed by atoms with Crippen LogP contribution in [0.4, 0.5) is 0 Å². The van der Waals surface area contributed by atoms with Gasteiger partial charge >= 0.3 is 0 Å². The molecule has 1 aromatic carbocycles. The minimum Gasteiger partial charge on any atom is -0.494 e. The lowest BCUT2D eigenvalue weighted by molar-refractivity contribution is -0.134. The molecule has 0 unspecified atom stereocenters. The molecule has 1 rings (SSSR count). The van der Waals surface area contributed by atoms with Crippen LogP contribution in [0.2, 0.25) is 0 Å². The molecule has 0 radical (unpaired) electrons. The van der Waals surface area contributed by atoms with Crippen molar-refractivity contribution >= 4 is 5.91 Å². The van der Waals surface area contributed by atoms with Gasteiger partial charge in [-0.05, 0) is 30.0 Å². The monoisotopic (exact) mass is 278 g/mol. The molecule has 4 heteroatoms. The summed E-state index contributed by atoms with van der Waals surface area (Å²) in [5.41, 5.74) is 6.83. The van der Waals surface area contributed by atoms with E-state index in [-0.39, 0.29) is 11.3 Å². The van der Waals surface area contributed by atoms with Crippen LogP contribution >= 0.6 is 0 Å². The van der Waals surface area contributed by atoms with Crippen LogP contribution in [0.5, 0.6) is 5.75 Å². The van der Waals surface area contributed by atoms with Gasteiger partial charge in [0.1, 0.15) is 5.75 Å². The molecule has 0 aliphatic heterocycles. The fraction of sp³-hybridized carbons (Fsp3) is 0.562. The van der Waals surface area contributed by atoms with Crippen molar-refractivity contribution in [2.24, 2.45) is 11.1 Å². The topological polar surface area (TPSA) is 55.6 Å². The summed E-state index contributed by atoms with van der Waals surface area (Å²) in [5, 5.41) is 0. The molecule has 0 fully saturated rings. The van der Waals surface area contributed by atoms with Gasteiger partial charge in [-0.1, -0.05) is 32.9 Å². The summed E-state index contributed by atoms with van der Waals surface area (Å²) >= 11 is 0. The zero-order valence-corrected chi connectivity index (χ0v) is 13.1. The second-order valence-electron chi connectivity index (χ2n) is 6.11. The molecular weight excluding hydrogens is 252 g/mol. The van der Waals surface area contributed by atoms with Crippen molar-refractivity contribution in [1.29, 1.82) is 0 Å². The number of rotatable bonds is 5. The zero-order chi connectivity index (χ0) is 15.3. The Morgan fingerprint density at radius 2 is 1.85 bits per heavy atom. The summed E-state index contributed by atoms with van der Waals surface area (Å²) in [6.07, 6.45) is 0. The molecule has 0 saturated heterocycles. The van der Waals surface area contributed by atoms with Gasteiger partial charge in [-0.3, -0.25) is 4.79 Å². The maximum Gasteiger partial charge on any atom is 0.240 e. The van der Waals surface area contributed by atoms with E-state index in [1.807, 2.05) is 52.0 Å². The van der Waals surface area contributed by atoms with E-state index < -0.39 is 6.04 Å². The van der Waals surface area contributed by atoms with Gasteiger partial charge in [0, 0.05) is 13.6 Å². The first kappa shape index (κ1) is 16.5. The highest BCUT2D eigenvalue weighted by Gasteiger charge is 2.29. The van der Waals surface area contributed by atoms with Crippen molar-refractivity contribution < 1.29 is 9.53 Å². The molecule has 0 spiro atoms. The minimum atomic E-state index is -0.491. The van der Waals surface area contributed by atoms with Gasteiger partial charge in [0.05, 0.1) is 12.6 Å². The third-order valence-electron chi connectivity index (χ3n) is 3.23. The molecule has 0 aromatic heterocycles. The number of ether oxygens (including phenoxy) is 1. The lowest BCUT2D eigenvalue weighted by atomic mass is 9.86. The Kier molecular flexibility index (Phi) is 5.57. The number of hydrogen-bond donors (Lipinski definition) is 1. The van der Waals surface area contributed by atoms with Crippen LogP contribution in [-0.2, 0) is 11.3 Å². The van der Waals surface area contributed by atoms with Gasteiger partial charge in [0.15, 0.2) is 0 Å². The average molecular weight is 278 g/mol. The van der Waals surface area contributed by atoms with Crippen LogP contribution in [0.15, 0.2) is 24.3 Å². The van der Waals surface area contributed by atoms with Crippen molar-refractivity contribution in [2.45, 2.75) is 40.3 Å². The molecule has 0 aliphatic carbocycles. The Balaban J connectivity index is 2.66. The van der Waals surface area contributed by atoms with Crippen molar-refractivity contribution in [1.82, 2.24) is 4.90 Å². The number of hydrogen-bond acceptors (Lipinski definition) is 3. The zero-order valence-electron chi connectivity index (χ0n) is 13.1. The molecular formula is C16H26N2O2. The van der Waals surface area contributed by atoms with Gasteiger partial charge in [-0.25, -0.2) is 0 Å². The third kappa shape index (κ3) is 4.53. The van der Waals surface area contributed by atoms with Crippen LogP contribution in [-0.4, -0.2) is 30.5 Å². The van der Waals surface area contributed by atoms with E-state index in [0.717, 1.165) is 11.3 Å². The molecule has 0 bridgehead atoms. The second-order valence-corrected chi connectivity index (χ2v) is 6.11. The van der Waals surface area contributed by atoms with Crippen molar-refractivity contribution in [3.8, 4) is 5.75 Å². The fourth-order valence-electron chi connectivity index (χ4n) is 1.82. The van der Waals surface area contributed by atoms with E-state index >= 15 is 0 Å². The number of likely N-dealkylation sites (N-methyl/N-ethyl adjacent to an activating group) is 1. The first-order valence-electron chi connectivity index (χ1n) is 6.98. The summed E-state index contributed by atoms with van der Waals surface area (Å²) in [4.78, 5) is 13.9. The molecule has 2 N–H and O–H groups in total. The van der Waals surface area contributed by atoms with Crippen molar-refractivity contribution in [2.75, 3.05) is 13.7 Å². The number of carbonyl (C=O) groups is 1. The summed E-state index contributed by atoms with van der Waals surface area (Å²) in [5.74, 6) is 0.808. The quantitative estimate of drug-likeness (QED) is 0.900. The predicted molar refractivity (Wildman–Crippen MR) is 81.5 cm³/mol. The highest BCUT2D eigenvalue weighted by atomic mass is 16.5. The Morgan fingerprint density at radius 1 is 1.30 bits per heavy atom. The molecule has 20 heavy (non-hydrogen) atoms. The number of nitrogens with zero attached hydrogens (tertiary/aromatic N) is 1. The fourth-order valence-corrected chi connectivity index (χ4v) is 1.82. The van der Waals surface area contributed by atoms with Crippen LogP contribution in [0.3, 0.4) is 0 Å². The van der Waals surface area contributed by atoms with E-state index in [0.29, 0.717) is 13.2 Å². The van der Waals surface area contributed by atoms with Gasteiger partial charge in [0.2, 0.25) is 5.91 Å².